The largest absolute Gasteiger partial charge is 0.598 e. The fraction of sp³-hybridized carbons (Fsp3) is 0.355. The van der Waals surface area contributed by atoms with E-state index in [2.05, 4.69) is 121 Å². The zero-order valence-corrected chi connectivity index (χ0v) is 25.7. The predicted molar refractivity (Wildman–Crippen MR) is 164 cm³/mol. The third-order valence-corrected chi connectivity index (χ3v) is 13.1. The Labute approximate surface area is 236 Å². The SMILES string of the molecule is CCCC[S@@+]([O-])N[C@@H](C#Cc1cccc(Br)c1)CCO[Si](c1ccccc1)(c1ccccc1)C(C)(C)C. The molecule has 3 aromatic carbocycles. The van der Waals surface area contributed by atoms with Crippen LogP contribution in [0.2, 0.25) is 5.04 Å². The molecule has 3 rings (SSSR count). The molecule has 0 aliphatic heterocycles. The average Bonchev–Trinajstić information content (AvgIpc) is 2.88. The lowest BCUT2D eigenvalue weighted by Gasteiger charge is -2.43. The van der Waals surface area contributed by atoms with Crippen LogP contribution in [-0.4, -0.2) is 31.3 Å². The van der Waals surface area contributed by atoms with Crippen LogP contribution in [0, 0.1) is 11.8 Å². The molecule has 0 amide bonds. The van der Waals surface area contributed by atoms with Crippen molar-refractivity contribution in [1.29, 1.82) is 0 Å². The summed E-state index contributed by atoms with van der Waals surface area (Å²) >= 11 is 2.39. The molecule has 6 heteroatoms. The first-order valence-corrected chi connectivity index (χ1v) is 16.9. The molecule has 0 bridgehead atoms. The third-order valence-electron chi connectivity index (χ3n) is 6.31. The minimum Gasteiger partial charge on any atom is -0.598 e. The zero-order valence-electron chi connectivity index (χ0n) is 22.3. The van der Waals surface area contributed by atoms with E-state index in [-0.39, 0.29) is 11.1 Å². The quantitative estimate of drug-likeness (QED) is 0.163. The van der Waals surface area contributed by atoms with Crippen LogP contribution in [0.3, 0.4) is 0 Å². The molecule has 0 aliphatic carbocycles. The third kappa shape index (κ3) is 8.31. The first-order chi connectivity index (χ1) is 17.8. The van der Waals surface area contributed by atoms with E-state index in [4.69, 9.17) is 4.43 Å². The topological polar surface area (TPSA) is 44.3 Å². The highest BCUT2D eigenvalue weighted by Gasteiger charge is 2.50. The van der Waals surface area contributed by atoms with Crippen LogP contribution >= 0.6 is 15.9 Å². The molecule has 0 aromatic heterocycles. The summed E-state index contributed by atoms with van der Waals surface area (Å²) in [4.78, 5) is 0. The van der Waals surface area contributed by atoms with Gasteiger partial charge in [-0.1, -0.05) is 129 Å². The second kappa shape index (κ2) is 14.3. The molecular weight excluding hydrogens is 558 g/mol. The maximum atomic E-state index is 12.7. The van der Waals surface area contributed by atoms with Gasteiger partial charge in [-0.25, -0.2) is 0 Å². The van der Waals surface area contributed by atoms with Crippen molar-refractivity contribution in [3.63, 3.8) is 0 Å². The number of benzene rings is 3. The van der Waals surface area contributed by atoms with Crippen molar-refractivity contribution in [2.45, 2.75) is 58.0 Å². The van der Waals surface area contributed by atoms with Gasteiger partial charge in [-0.3, -0.25) is 0 Å². The Kier molecular flexibility index (Phi) is 11.5. The van der Waals surface area contributed by atoms with E-state index in [9.17, 15) is 4.55 Å². The number of nitrogens with one attached hydrogen (secondary N) is 1. The second-order valence-corrected chi connectivity index (χ2v) is 16.7. The molecule has 0 spiro atoms. The van der Waals surface area contributed by atoms with E-state index >= 15 is 0 Å². The fourth-order valence-corrected chi connectivity index (χ4v) is 10.6. The molecule has 0 unspecified atom stereocenters. The highest BCUT2D eigenvalue weighted by molar-refractivity contribution is 9.10. The van der Waals surface area contributed by atoms with Gasteiger partial charge in [-0.2, -0.15) is 0 Å². The van der Waals surface area contributed by atoms with Crippen molar-refractivity contribution in [3.8, 4) is 11.8 Å². The Bertz CT molecular complexity index is 1120. The number of rotatable bonds is 11. The molecule has 37 heavy (non-hydrogen) atoms. The molecule has 0 aliphatic rings. The first kappa shape index (κ1) is 29.7. The van der Waals surface area contributed by atoms with Crippen LogP contribution in [-0.2, 0) is 15.8 Å². The summed E-state index contributed by atoms with van der Waals surface area (Å²) in [5.74, 6) is 7.23. The van der Waals surface area contributed by atoms with Crippen LogP contribution in [0.15, 0.2) is 89.4 Å². The fourth-order valence-electron chi connectivity index (χ4n) is 4.48. The molecule has 1 N–H and O–H groups in total. The molecule has 3 aromatic rings. The standard InChI is InChI=1S/C31H38BrNO2SSi/c1-5-6-24-36(34)33-28(21-20-26-14-13-15-27(32)25-26)22-23-35-37(31(2,3)4,29-16-9-7-10-17-29)30-18-11-8-12-19-30/h7-19,25,28,33H,5-6,22-24H2,1-4H3/t28-,36+/m0/s1. The van der Waals surface area contributed by atoms with Crippen LogP contribution < -0.4 is 15.1 Å². The van der Waals surface area contributed by atoms with Gasteiger partial charge in [0.2, 0.25) is 0 Å². The van der Waals surface area contributed by atoms with Crippen molar-refractivity contribution in [1.82, 2.24) is 4.72 Å². The van der Waals surface area contributed by atoms with Crippen molar-refractivity contribution >= 4 is 46.0 Å². The molecule has 0 saturated carbocycles. The minimum absolute atomic E-state index is 0.0927. The predicted octanol–water partition coefficient (Wildman–Crippen LogP) is 6.19. The lowest BCUT2D eigenvalue weighted by atomic mass is 10.2. The van der Waals surface area contributed by atoms with Gasteiger partial charge in [-0.15, -0.1) is 4.72 Å². The van der Waals surface area contributed by atoms with E-state index in [1.54, 1.807) is 0 Å². The Balaban J connectivity index is 1.88. The Hall–Kier alpha value is -1.85. The summed E-state index contributed by atoms with van der Waals surface area (Å²) in [5, 5.41) is 2.42. The summed E-state index contributed by atoms with van der Waals surface area (Å²) in [5.41, 5.74) is 0.924. The minimum atomic E-state index is -2.63. The van der Waals surface area contributed by atoms with Gasteiger partial charge in [0.1, 0.15) is 11.8 Å². The van der Waals surface area contributed by atoms with Crippen LogP contribution in [0.4, 0.5) is 0 Å². The number of hydrogen-bond acceptors (Lipinski definition) is 3. The lowest BCUT2D eigenvalue weighted by molar-refractivity contribution is 0.285. The van der Waals surface area contributed by atoms with Crippen LogP contribution in [0.1, 0.15) is 52.5 Å². The van der Waals surface area contributed by atoms with Crippen molar-refractivity contribution < 1.29 is 8.98 Å². The molecule has 0 radical (unpaired) electrons. The van der Waals surface area contributed by atoms with Gasteiger partial charge in [0.25, 0.3) is 8.32 Å². The van der Waals surface area contributed by atoms with E-state index in [0.29, 0.717) is 18.8 Å². The molecule has 0 fully saturated rings. The highest BCUT2D eigenvalue weighted by atomic mass is 79.9. The zero-order chi connectivity index (χ0) is 26.7. The maximum Gasteiger partial charge on any atom is 0.261 e. The normalized spacial score (nSPS) is 13.5. The van der Waals surface area contributed by atoms with Gasteiger partial charge in [0.05, 0.1) is 0 Å². The van der Waals surface area contributed by atoms with Gasteiger partial charge in [0, 0.05) is 34.4 Å². The Morgan fingerprint density at radius 2 is 1.59 bits per heavy atom. The molecule has 196 valence electrons. The number of unbranched alkanes of at least 4 members (excludes halogenated alkanes) is 1. The van der Waals surface area contributed by atoms with Crippen molar-refractivity contribution in [2.24, 2.45) is 0 Å². The Morgan fingerprint density at radius 1 is 0.973 bits per heavy atom. The van der Waals surface area contributed by atoms with Gasteiger partial charge >= 0.3 is 0 Å². The highest BCUT2D eigenvalue weighted by Crippen LogP contribution is 2.36. The summed E-state index contributed by atoms with van der Waals surface area (Å²) in [6.45, 7) is 9.47. The maximum absolute atomic E-state index is 12.7. The number of hydrogen-bond donors (Lipinski definition) is 1. The smallest absolute Gasteiger partial charge is 0.261 e. The van der Waals surface area contributed by atoms with Gasteiger partial charge in [-0.05, 0) is 40.0 Å². The monoisotopic (exact) mass is 595 g/mol. The van der Waals surface area contributed by atoms with E-state index in [1.165, 1.54) is 10.4 Å². The van der Waals surface area contributed by atoms with Crippen LogP contribution in [0.5, 0.6) is 0 Å². The summed E-state index contributed by atoms with van der Waals surface area (Å²) in [6, 6.07) is 29.0. The van der Waals surface area contributed by atoms with Crippen LogP contribution in [0.25, 0.3) is 0 Å². The number of halogens is 1. The Morgan fingerprint density at radius 3 is 2.14 bits per heavy atom. The molecule has 3 nitrogen and oxygen atoms in total. The second-order valence-electron chi connectivity index (χ2n) is 10.2. The molecular formula is C31H38BrNO2SSi. The molecule has 2 atom stereocenters. The van der Waals surface area contributed by atoms with E-state index in [1.807, 2.05) is 24.3 Å². The van der Waals surface area contributed by atoms with Gasteiger partial charge in [0.15, 0.2) is 0 Å². The lowest BCUT2D eigenvalue weighted by Crippen LogP contribution is -2.66. The first-order valence-electron chi connectivity index (χ1n) is 12.9. The van der Waals surface area contributed by atoms with Gasteiger partial charge < -0.3 is 8.98 Å². The molecule has 0 saturated heterocycles. The summed E-state index contributed by atoms with van der Waals surface area (Å²) in [7, 11) is -2.63. The summed E-state index contributed by atoms with van der Waals surface area (Å²) in [6.07, 6.45) is 2.58. The molecule has 0 heterocycles. The van der Waals surface area contributed by atoms with Crippen molar-refractivity contribution in [3.05, 3.63) is 95.0 Å². The average molecular weight is 597 g/mol. The van der Waals surface area contributed by atoms with Crippen molar-refractivity contribution in [2.75, 3.05) is 12.4 Å². The van der Waals surface area contributed by atoms with E-state index in [0.717, 1.165) is 22.9 Å². The summed E-state index contributed by atoms with van der Waals surface area (Å²) < 4.78 is 24.0. The van der Waals surface area contributed by atoms with E-state index < -0.39 is 19.7 Å².